The van der Waals surface area contributed by atoms with E-state index in [1.54, 1.807) is 7.05 Å². The van der Waals surface area contributed by atoms with Crippen molar-refractivity contribution < 1.29 is 8.78 Å². The maximum absolute atomic E-state index is 12.8. The van der Waals surface area contributed by atoms with E-state index in [0.29, 0.717) is 0 Å². The highest BCUT2D eigenvalue weighted by Crippen LogP contribution is 2.10. The zero-order valence-electron chi connectivity index (χ0n) is 6.60. The fourth-order valence-electron chi connectivity index (χ4n) is 0.878. The number of nitrogens with one attached hydrogen (secondary N) is 1. The molecule has 0 aliphatic carbocycles. The molecule has 0 aliphatic heterocycles. The van der Waals surface area contributed by atoms with Gasteiger partial charge in [0, 0.05) is 12.1 Å². The molecule has 1 nitrogen and oxygen atoms in total. The fraction of sp³-hybridized carbons (Fsp3) is 0.250. The highest BCUT2D eigenvalue weighted by Gasteiger charge is 2.05. The molecule has 0 heterocycles. The molecular weight excluding hydrogens is 184 g/mol. The molecule has 0 aromatic heterocycles. The standard InChI is InChI=1S/C8H9F2N.ClH/c1-11-5-6-7(9)3-2-4-8(6)10;/h2-4,11H,5H2,1H3;1H. The minimum atomic E-state index is -0.501. The van der Waals surface area contributed by atoms with Crippen LogP contribution in [0.2, 0.25) is 0 Å². The average molecular weight is 194 g/mol. The van der Waals surface area contributed by atoms with Crippen LogP contribution >= 0.6 is 12.4 Å². The number of halogens is 3. The normalized spacial score (nSPS) is 9.25. The van der Waals surface area contributed by atoms with Gasteiger partial charge in [0.05, 0.1) is 0 Å². The van der Waals surface area contributed by atoms with E-state index in [1.807, 2.05) is 0 Å². The molecule has 12 heavy (non-hydrogen) atoms. The van der Waals surface area contributed by atoms with Crippen molar-refractivity contribution in [2.24, 2.45) is 0 Å². The summed E-state index contributed by atoms with van der Waals surface area (Å²) in [6.45, 7) is 0.221. The van der Waals surface area contributed by atoms with E-state index >= 15 is 0 Å². The number of hydrogen-bond donors (Lipinski definition) is 1. The Bertz CT molecular complexity index is 233. The Labute approximate surface area is 76.2 Å². The lowest BCUT2D eigenvalue weighted by atomic mass is 10.2. The minimum Gasteiger partial charge on any atom is -0.315 e. The highest BCUT2D eigenvalue weighted by molar-refractivity contribution is 5.85. The first-order valence-electron chi connectivity index (χ1n) is 3.33. The highest BCUT2D eigenvalue weighted by atomic mass is 35.5. The van der Waals surface area contributed by atoms with E-state index < -0.39 is 11.6 Å². The summed E-state index contributed by atoms with van der Waals surface area (Å²) in [5.41, 5.74) is 0.0926. The van der Waals surface area contributed by atoms with Crippen molar-refractivity contribution in [3.63, 3.8) is 0 Å². The second-order valence-electron chi connectivity index (χ2n) is 2.23. The summed E-state index contributed by atoms with van der Waals surface area (Å²) in [7, 11) is 1.64. The Morgan fingerprint density at radius 1 is 1.25 bits per heavy atom. The van der Waals surface area contributed by atoms with Crippen LogP contribution in [0.5, 0.6) is 0 Å². The summed E-state index contributed by atoms with van der Waals surface area (Å²) < 4.78 is 25.5. The predicted octanol–water partition coefficient (Wildman–Crippen LogP) is 2.11. The molecule has 4 heteroatoms. The Morgan fingerprint density at radius 3 is 2.17 bits per heavy atom. The quantitative estimate of drug-likeness (QED) is 0.759. The molecule has 0 spiro atoms. The molecule has 0 bridgehead atoms. The Morgan fingerprint density at radius 2 is 1.75 bits per heavy atom. The van der Waals surface area contributed by atoms with Gasteiger partial charge in [0.1, 0.15) is 11.6 Å². The van der Waals surface area contributed by atoms with Crippen LogP contribution in [-0.4, -0.2) is 7.05 Å². The lowest BCUT2D eigenvalue weighted by molar-refractivity contribution is 0.546. The van der Waals surface area contributed by atoms with Gasteiger partial charge in [-0.2, -0.15) is 0 Å². The molecule has 0 unspecified atom stereocenters. The summed E-state index contributed by atoms with van der Waals surface area (Å²) in [5, 5.41) is 2.69. The van der Waals surface area contributed by atoms with Crippen molar-refractivity contribution in [1.82, 2.24) is 5.32 Å². The molecule has 0 aliphatic rings. The predicted molar refractivity (Wildman–Crippen MR) is 46.4 cm³/mol. The van der Waals surface area contributed by atoms with E-state index in [0.717, 1.165) is 0 Å². The summed E-state index contributed by atoms with van der Waals surface area (Å²) in [4.78, 5) is 0. The maximum Gasteiger partial charge on any atom is 0.130 e. The van der Waals surface area contributed by atoms with Crippen LogP contribution in [0, 0.1) is 11.6 Å². The first kappa shape index (κ1) is 11.3. The zero-order chi connectivity index (χ0) is 8.27. The molecule has 68 valence electrons. The van der Waals surface area contributed by atoms with E-state index in [2.05, 4.69) is 5.32 Å². The van der Waals surface area contributed by atoms with Gasteiger partial charge >= 0.3 is 0 Å². The third kappa shape index (κ3) is 2.43. The van der Waals surface area contributed by atoms with Crippen molar-refractivity contribution in [2.45, 2.75) is 6.54 Å². The van der Waals surface area contributed by atoms with Crippen LogP contribution < -0.4 is 5.32 Å². The third-order valence-electron chi connectivity index (χ3n) is 1.42. The van der Waals surface area contributed by atoms with Crippen LogP contribution in [0.25, 0.3) is 0 Å². The van der Waals surface area contributed by atoms with Gasteiger partial charge in [-0.1, -0.05) is 6.07 Å². The summed E-state index contributed by atoms with van der Waals surface area (Å²) in [6.07, 6.45) is 0. The Balaban J connectivity index is 0.00000121. The van der Waals surface area contributed by atoms with E-state index in [-0.39, 0.29) is 24.5 Å². The van der Waals surface area contributed by atoms with Crippen molar-refractivity contribution in [1.29, 1.82) is 0 Å². The first-order valence-corrected chi connectivity index (χ1v) is 3.33. The Kier molecular flexibility index (Phi) is 4.78. The van der Waals surface area contributed by atoms with Crippen molar-refractivity contribution in [3.8, 4) is 0 Å². The molecule has 0 atom stereocenters. The molecule has 1 aromatic rings. The van der Waals surface area contributed by atoms with Gasteiger partial charge in [-0.3, -0.25) is 0 Å². The van der Waals surface area contributed by atoms with E-state index in [9.17, 15) is 8.78 Å². The molecule has 1 N–H and O–H groups in total. The summed E-state index contributed by atoms with van der Waals surface area (Å²) >= 11 is 0. The molecule has 0 saturated heterocycles. The van der Waals surface area contributed by atoms with Gasteiger partial charge in [0.2, 0.25) is 0 Å². The molecule has 1 rings (SSSR count). The molecular formula is C8H10ClF2N. The second kappa shape index (κ2) is 5.06. The third-order valence-corrected chi connectivity index (χ3v) is 1.42. The minimum absolute atomic E-state index is 0. The van der Waals surface area contributed by atoms with Crippen molar-refractivity contribution in [3.05, 3.63) is 35.4 Å². The maximum atomic E-state index is 12.8. The summed E-state index contributed by atoms with van der Waals surface area (Å²) in [5.74, 6) is -1.00. The lowest BCUT2D eigenvalue weighted by Gasteiger charge is -2.02. The molecule has 0 radical (unpaired) electrons. The topological polar surface area (TPSA) is 12.0 Å². The Hall–Kier alpha value is -0.670. The second-order valence-corrected chi connectivity index (χ2v) is 2.23. The average Bonchev–Trinajstić information content (AvgIpc) is 1.97. The molecule has 0 amide bonds. The number of hydrogen-bond acceptors (Lipinski definition) is 1. The van der Waals surface area contributed by atoms with Crippen molar-refractivity contribution >= 4 is 12.4 Å². The fourth-order valence-corrected chi connectivity index (χ4v) is 0.878. The monoisotopic (exact) mass is 193 g/mol. The van der Waals surface area contributed by atoms with Gasteiger partial charge in [0.15, 0.2) is 0 Å². The molecule has 0 saturated carbocycles. The zero-order valence-corrected chi connectivity index (χ0v) is 7.42. The van der Waals surface area contributed by atoms with Crippen molar-refractivity contribution in [2.75, 3.05) is 7.05 Å². The van der Waals surface area contributed by atoms with Crippen LogP contribution in [0.3, 0.4) is 0 Å². The first-order chi connectivity index (χ1) is 5.25. The van der Waals surface area contributed by atoms with E-state index in [1.165, 1.54) is 18.2 Å². The lowest BCUT2D eigenvalue weighted by Crippen LogP contribution is -2.08. The van der Waals surface area contributed by atoms with Crippen LogP contribution in [0.4, 0.5) is 8.78 Å². The van der Waals surface area contributed by atoms with Gasteiger partial charge < -0.3 is 5.32 Å². The number of rotatable bonds is 2. The number of benzene rings is 1. The van der Waals surface area contributed by atoms with Crippen LogP contribution in [-0.2, 0) is 6.54 Å². The largest absolute Gasteiger partial charge is 0.315 e. The summed E-state index contributed by atoms with van der Waals surface area (Å²) in [6, 6.07) is 3.84. The van der Waals surface area contributed by atoms with E-state index in [4.69, 9.17) is 0 Å². The van der Waals surface area contributed by atoms with Crippen LogP contribution in [0.15, 0.2) is 18.2 Å². The van der Waals surface area contributed by atoms with Crippen LogP contribution in [0.1, 0.15) is 5.56 Å². The van der Waals surface area contributed by atoms with Gasteiger partial charge in [0.25, 0.3) is 0 Å². The van der Waals surface area contributed by atoms with Gasteiger partial charge in [-0.25, -0.2) is 8.78 Å². The molecule has 1 aromatic carbocycles. The molecule has 0 fully saturated rings. The SMILES string of the molecule is CNCc1c(F)cccc1F.Cl. The van der Waals surface area contributed by atoms with Gasteiger partial charge in [-0.15, -0.1) is 12.4 Å². The van der Waals surface area contributed by atoms with Gasteiger partial charge in [-0.05, 0) is 19.2 Å². The smallest absolute Gasteiger partial charge is 0.130 e.